The number of nitrogen functional groups attached to an aromatic ring is 1. The maximum atomic E-state index is 13.5. The molecular formula is C14H9Cl3FN3. The molecule has 0 radical (unpaired) electrons. The Labute approximate surface area is 135 Å². The Bertz CT molecular complexity index is 874. The first-order valence-electron chi connectivity index (χ1n) is 5.97. The van der Waals surface area contributed by atoms with E-state index in [-0.39, 0.29) is 11.0 Å². The standard InChI is InChI=1S/C14H9Cl3FN3/c1-6-2-9(17)12(3-7(6)15)21-13-4-8(16)10(18)5-11(13)20-14(21)19/h2-5H,1H3,(H2,19,20). The van der Waals surface area contributed by atoms with E-state index in [1.54, 1.807) is 16.7 Å². The van der Waals surface area contributed by atoms with E-state index in [4.69, 9.17) is 40.5 Å². The molecule has 0 atom stereocenters. The summed E-state index contributed by atoms with van der Waals surface area (Å²) in [5.74, 6) is -0.379. The molecule has 3 rings (SSSR count). The summed E-state index contributed by atoms with van der Waals surface area (Å²) in [4.78, 5) is 4.13. The molecule has 0 unspecified atom stereocenters. The first-order valence-corrected chi connectivity index (χ1v) is 7.11. The van der Waals surface area contributed by atoms with Crippen molar-refractivity contribution in [3.63, 3.8) is 0 Å². The number of aryl methyl sites for hydroxylation is 1. The van der Waals surface area contributed by atoms with Gasteiger partial charge in [0.05, 0.1) is 26.8 Å². The number of rotatable bonds is 1. The van der Waals surface area contributed by atoms with Crippen molar-refractivity contribution >= 4 is 51.8 Å². The van der Waals surface area contributed by atoms with Crippen LogP contribution in [0.2, 0.25) is 15.1 Å². The molecule has 0 saturated carbocycles. The molecular weight excluding hydrogens is 336 g/mol. The van der Waals surface area contributed by atoms with Crippen LogP contribution in [0.15, 0.2) is 24.3 Å². The average molecular weight is 345 g/mol. The van der Waals surface area contributed by atoms with E-state index in [1.165, 1.54) is 12.1 Å². The van der Waals surface area contributed by atoms with Crippen LogP contribution < -0.4 is 5.73 Å². The second-order valence-corrected chi connectivity index (χ2v) is 5.83. The second kappa shape index (κ2) is 5.05. The van der Waals surface area contributed by atoms with Gasteiger partial charge in [0.2, 0.25) is 5.95 Å². The lowest BCUT2D eigenvalue weighted by molar-refractivity contribution is 0.630. The van der Waals surface area contributed by atoms with Gasteiger partial charge in [0, 0.05) is 11.1 Å². The van der Waals surface area contributed by atoms with Crippen LogP contribution in [-0.4, -0.2) is 9.55 Å². The van der Waals surface area contributed by atoms with Crippen molar-refractivity contribution in [2.45, 2.75) is 6.92 Å². The van der Waals surface area contributed by atoms with Crippen LogP contribution >= 0.6 is 34.8 Å². The number of fused-ring (bicyclic) bond motifs is 1. The molecule has 1 heterocycles. The third-order valence-corrected chi connectivity index (χ3v) is 4.19. The smallest absolute Gasteiger partial charge is 0.205 e. The van der Waals surface area contributed by atoms with Crippen LogP contribution in [0.5, 0.6) is 0 Å². The number of hydrogen-bond donors (Lipinski definition) is 1. The molecule has 7 heteroatoms. The van der Waals surface area contributed by atoms with Gasteiger partial charge in [-0.15, -0.1) is 0 Å². The zero-order valence-corrected chi connectivity index (χ0v) is 13.1. The lowest BCUT2D eigenvalue weighted by Gasteiger charge is -2.11. The molecule has 3 nitrogen and oxygen atoms in total. The quantitative estimate of drug-likeness (QED) is 0.674. The lowest BCUT2D eigenvalue weighted by Crippen LogP contribution is -2.02. The van der Waals surface area contributed by atoms with Crippen LogP contribution in [0.4, 0.5) is 10.3 Å². The molecule has 0 aliphatic heterocycles. The Kier molecular flexibility index (Phi) is 3.48. The molecule has 0 fully saturated rings. The number of aromatic nitrogens is 2. The molecule has 3 aromatic rings. The zero-order chi connectivity index (χ0) is 15.3. The fraction of sp³-hybridized carbons (Fsp3) is 0.0714. The van der Waals surface area contributed by atoms with Crippen molar-refractivity contribution in [2.75, 3.05) is 5.73 Å². The summed E-state index contributed by atoms with van der Waals surface area (Å²) >= 11 is 18.2. The van der Waals surface area contributed by atoms with E-state index < -0.39 is 5.82 Å². The highest BCUT2D eigenvalue weighted by molar-refractivity contribution is 6.35. The predicted octanol–water partition coefficient (Wildman–Crippen LogP) is 5.02. The van der Waals surface area contributed by atoms with Crippen molar-refractivity contribution in [2.24, 2.45) is 0 Å². The van der Waals surface area contributed by atoms with Gasteiger partial charge < -0.3 is 5.73 Å². The maximum Gasteiger partial charge on any atom is 0.205 e. The molecule has 108 valence electrons. The van der Waals surface area contributed by atoms with Crippen molar-refractivity contribution in [1.82, 2.24) is 9.55 Å². The maximum absolute atomic E-state index is 13.5. The highest BCUT2D eigenvalue weighted by atomic mass is 35.5. The third kappa shape index (κ3) is 2.33. The summed E-state index contributed by atoms with van der Waals surface area (Å²) in [6.07, 6.45) is 0. The molecule has 1 aromatic heterocycles. The number of nitrogens with zero attached hydrogens (tertiary/aromatic N) is 2. The molecule has 0 aliphatic rings. The highest BCUT2D eigenvalue weighted by Crippen LogP contribution is 2.33. The number of hydrogen-bond acceptors (Lipinski definition) is 2. The van der Waals surface area contributed by atoms with Gasteiger partial charge in [0.1, 0.15) is 5.82 Å². The van der Waals surface area contributed by atoms with Gasteiger partial charge in [0.15, 0.2) is 0 Å². The van der Waals surface area contributed by atoms with Gasteiger partial charge in [-0.1, -0.05) is 34.8 Å². The van der Waals surface area contributed by atoms with Crippen molar-refractivity contribution < 1.29 is 4.39 Å². The largest absolute Gasteiger partial charge is 0.369 e. The average Bonchev–Trinajstić information content (AvgIpc) is 2.70. The molecule has 21 heavy (non-hydrogen) atoms. The summed E-state index contributed by atoms with van der Waals surface area (Å²) in [5, 5.41) is 0.991. The van der Waals surface area contributed by atoms with Crippen molar-refractivity contribution in [1.29, 1.82) is 0 Å². The number of benzene rings is 2. The third-order valence-electron chi connectivity index (χ3n) is 3.19. The molecule has 2 N–H and O–H groups in total. The Morgan fingerprint density at radius 1 is 1.05 bits per heavy atom. The summed E-state index contributed by atoms with van der Waals surface area (Å²) < 4.78 is 15.1. The predicted molar refractivity (Wildman–Crippen MR) is 85.2 cm³/mol. The van der Waals surface area contributed by atoms with Gasteiger partial charge in [0.25, 0.3) is 0 Å². The van der Waals surface area contributed by atoms with E-state index in [9.17, 15) is 4.39 Å². The number of imidazole rings is 1. The van der Waals surface area contributed by atoms with Crippen LogP contribution in [-0.2, 0) is 0 Å². The fourth-order valence-corrected chi connectivity index (χ4v) is 2.77. The second-order valence-electron chi connectivity index (χ2n) is 4.61. The van der Waals surface area contributed by atoms with E-state index in [0.29, 0.717) is 26.8 Å². The minimum absolute atomic E-state index is 0.0158. The minimum atomic E-state index is -0.554. The van der Waals surface area contributed by atoms with Gasteiger partial charge in [-0.25, -0.2) is 9.37 Å². The zero-order valence-electron chi connectivity index (χ0n) is 10.8. The SMILES string of the molecule is Cc1cc(Cl)c(-n2c(N)nc3cc(F)c(Cl)cc32)cc1Cl. The van der Waals surface area contributed by atoms with Gasteiger partial charge in [-0.05, 0) is 30.7 Å². The molecule has 0 bridgehead atoms. The Balaban J connectivity index is 2.37. The Morgan fingerprint density at radius 3 is 2.48 bits per heavy atom. The van der Waals surface area contributed by atoms with E-state index in [1.807, 2.05) is 6.92 Å². The van der Waals surface area contributed by atoms with E-state index in [0.717, 1.165) is 5.56 Å². The van der Waals surface area contributed by atoms with Crippen LogP contribution in [0, 0.1) is 12.7 Å². The number of anilines is 1. The normalized spacial score (nSPS) is 11.3. The molecule has 0 saturated heterocycles. The molecule has 2 aromatic carbocycles. The van der Waals surface area contributed by atoms with Crippen LogP contribution in [0.1, 0.15) is 5.56 Å². The summed E-state index contributed by atoms with van der Waals surface area (Å²) in [7, 11) is 0. The number of halogens is 4. The van der Waals surface area contributed by atoms with Crippen LogP contribution in [0.3, 0.4) is 0 Å². The first kappa shape index (κ1) is 14.4. The molecule has 0 amide bonds. The molecule has 0 spiro atoms. The monoisotopic (exact) mass is 343 g/mol. The van der Waals surface area contributed by atoms with Crippen LogP contribution in [0.25, 0.3) is 16.7 Å². The van der Waals surface area contributed by atoms with Gasteiger partial charge in [-0.2, -0.15) is 0 Å². The Hall–Kier alpha value is -1.49. The summed E-state index contributed by atoms with van der Waals surface area (Å²) in [6.45, 7) is 1.85. The highest BCUT2D eigenvalue weighted by Gasteiger charge is 2.16. The van der Waals surface area contributed by atoms with Crippen molar-refractivity contribution in [3.8, 4) is 5.69 Å². The van der Waals surface area contributed by atoms with Crippen molar-refractivity contribution in [3.05, 3.63) is 50.7 Å². The summed E-state index contributed by atoms with van der Waals surface area (Å²) in [6, 6.07) is 6.11. The van der Waals surface area contributed by atoms with Gasteiger partial charge in [-0.3, -0.25) is 4.57 Å². The van der Waals surface area contributed by atoms with E-state index >= 15 is 0 Å². The topological polar surface area (TPSA) is 43.8 Å². The first-order chi connectivity index (χ1) is 9.88. The number of nitrogens with two attached hydrogens (primary N) is 1. The lowest BCUT2D eigenvalue weighted by atomic mass is 10.2. The fourth-order valence-electron chi connectivity index (χ4n) is 2.15. The molecule has 0 aliphatic carbocycles. The Morgan fingerprint density at radius 2 is 1.76 bits per heavy atom. The summed E-state index contributed by atoms with van der Waals surface area (Å²) in [5.41, 5.74) is 8.28. The van der Waals surface area contributed by atoms with Gasteiger partial charge >= 0.3 is 0 Å². The van der Waals surface area contributed by atoms with E-state index in [2.05, 4.69) is 4.98 Å². The minimum Gasteiger partial charge on any atom is -0.369 e.